The van der Waals surface area contributed by atoms with Crippen LogP contribution in [0.15, 0.2) is 18.3 Å². The Morgan fingerprint density at radius 3 is 2.62 bits per heavy atom. The van der Waals surface area contributed by atoms with Crippen LogP contribution in [0.3, 0.4) is 0 Å². The Bertz CT molecular complexity index is 354. The third-order valence-corrected chi connectivity index (χ3v) is 3.85. The zero-order chi connectivity index (χ0) is 11.8. The van der Waals surface area contributed by atoms with E-state index >= 15 is 0 Å². The predicted molar refractivity (Wildman–Crippen MR) is 67.2 cm³/mol. The number of nitrogens with zero attached hydrogens (tertiary/aromatic N) is 1. The summed E-state index contributed by atoms with van der Waals surface area (Å²) in [4.78, 5) is 4.47. The average molecular weight is 218 g/mol. The van der Waals surface area contributed by atoms with Gasteiger partial charge in [-0.3, -0.25) is 4.98 Å². The second-order valence-corrected chi connectivity index (χ2v) is 5.68. The number of pyridine rings is 1. The summed E-state index contributed by atoms with van der Waals surface area (Å²) in [6.45, 7) is 6.74. The van der Waals surface area contributed by atoms with E-state index < -0.39 is 0 Å². The molecule has 0 aromatic carbocycles. The molecule has 2 heteroatoms. The van der Waals surface area contributed by atoms with Crippen LogP contribution in [0.1, 0.15) is 38.4 Å². The maximum Gasteiger partial charge on any atom is 0.0419 e. The molecule has 1 aliphatic carbocycles. The van der Waals surface area contributed by atoms with Gasteiger partial charge in [0.25, 0.3) is 0 Å². The van der Waals surface area contributed by atoms with Gasteiger partial charge >= 0.3 is 0 Å². The van der Waals surface area contributed by atoms with Crippen molar-refractivity contribution in [3.63, 3.8) is 0 Å². The molecule has 0 bridgehead atoms. The number of nitrogens with two attached hydrogens (primary N) is 1. The van der Waals surface area contributed by atoms with Gasteiger partial charge in [-0.1, -0.05) is 26.8 Å². The summed E-state index contributed by atoms with van der Waals surface area (Å²) < 4.78 is 0. The molecule has 0 aliphatic heterocycles. The third-order valence-electron chi connectivity index (χ3n) is 3.85. The molecule has 16 heavy (non-hydrogen) atoms. The lowest BCUT2D eigenvalue weighted by atomic mass is 10.0. The normalized spacial score (nSPS) is 24.1. The highest BCUT2D eigenvalue weighted by Crippen LogP contribution is 2.53. The van der Waals surface area contributed by atoms with Gasteiger partial charge in [-0.05, 0) is 35.8 Å². The Morgan fingerprint density at radius 2 is 2.19 bits per heavy atom. The zero-order valence-corrected chi connectivity index (χ0v) is 10.5. The van der Waals surface area contributed by atoms with Crippen LogP contribution in [-0.4, -0.2) is 11.0 Å². The summed E-state index contributed by atoms with van der Waals surface area (Å²) in [7, 11) is 0. The molecule has 2 rings (SSSR count). The van der Waals surface area contributed by atoms with Crippen LogP contribution >= 0.6 is 0 Å². The van der Waals surface area contributed by atoms with E-state index in [2.05, 4.69) is 37.9 Å². The van der Waals surface area contributed by atoms with Crippen LogP contribution in [0.5, 0.6) is 0 Å². The predicted octanol–water partition coefficient (Wildman–Crippen LogP) is 2.56. The smallest absolute Gasteiger partial charge is 0.0419 e. The first-order chi connectivity index (χ1) is 7.53. The number of aromatic nitrogens is 1. The van der Waals surface area contributed by atoms with Gasteiger partial charge in [0.05, 0.1) is 0 Å². The van der Waals surface area contributed by atoms with Gasteiger partial charge in [0.1, 0.15) is 0 Å². The minimum Gasteiger partial charge on any atom is -0.327 e. The number of rotatable bonds is 4. The van der Waals surface area contributed by atoms with Crippen LogP contribution in [0.25, 0.3) is 0 Å². The molecule has 1 fully saturated rings. The molecule has 1 aliphatic rings. The van der Waals surface area contributed by atoms with Gasteiger partial charge in [-0.25, -0.2) is 0 Å². The molecule has 0 amide bonds. The molecule has 1 aromatic rings. The van der Waals surface area contributed by atoms with Crippen molar-refractivity contribution in [2.75, 3.05) is 0 Å². The molecule has 0 spiro atoms. The van der Waals surface area contributed by atoms with E-state index in [1.54, 1.807) is 0 Å². The third kappa shape index (κ3) is 2.43. The highest BCUT2D eigenvalue weighted by Gasteiger charge is 2.48. The molecular weight excluding hydrogens is 196 g/mol. The van der Waals surface area contributed by atoms with Crippen molar-refractivity contribution in [3.8, 4) is 0 Å². The van der Waals surface area contributed by atoms with E-state index in [0.717, 1.165) is 18.5 Å². The van der Waals surface area contributed by atoms with E-state index in [4.69, 9.17) is 5.73 Å². The fourth-order valence-electron chi connectivity index (χ4n) is 2.41. The van der Waals surface area contributed by atoms with Crippen LogP contribution in [-0.2, 0) is 12.8 Å². The first-order valence-corrected chi connectivity index (χ1v) is 6.22. The SMILES string of the molecule is CCc1ccc(CC(N)C2CC2(C)C)nc1. The zero-order valence-electron chi connectivity index (χ0n) is 10.5. The molecule has 1 saturated carbocycles. The fraction of sp³-hybridized carbons (Fsp3) is 0.643. The lowest BCUT2D eigenvalue weighted by Gasteiger charge is -2.13. The summed E-state index contributed by atoms with van der Waals surface area (Å²) in [5.41, 5.74) is 9.11. The van der Waals surface area contributed by atoms with Crippen molar-refractivity contribution in [2.24, 2.45) is 17.1 Å². The van der Waals surface area contributed by atoms with Crippen molar-refractivity contribution >= 4 is 0 Å². The maximum atomic E-state index is 6.22. The first-order valence-electron chi connectivity index (χ1n) is 6.22. The van der Waals surface area contributed by atoms with Crippen molar-refractivity contribution in [2.45, 2.75) is 46.1 Å². The highest BCUT2D eigenvalue weighted by molar-refractivity contribution is 5.15. The standard InChI is InChI=1S/C14H22N2/c1-4-10-5-6-11(16-9-10)7-13(15)12-8-14(12,2)3/h5-6,9,12-13H,4,7-8,15H2,1-3H3. The van der Waals surface area contributed by atoms with Crippen molar-refractivity contribution < 1.29 is 0 Å². The molecule has 1 heterocycles. The molecule has 1 aromatic heterocycles. The average Bonchev–Trinajstić information content (AvgIpc) is 2.89. The van der Waals surface area contributed by atoms with Crippen LogP contribution < -0.4 is 5.73 Å². The summed E-state index contributed by atoms with van der Waals surface area (Å²) in [6, 6.07) is 4.55. The summed E-state index contributed by atoms with van der Waals surface area (Å²) in [5.74, 6) is 0.681. The quantitative estimate of drug-likeness (QED) is 0.843. The summed E-state index contributed by atoms with van der Waals surface area (Å²) in [6.07, 6.45) is 5.20. The monoisotopic (exact) mass is 218 g/mol. The van der Waals surface area contributed by atoms with Gasteiger partial charge in [0.15, 0.2) is 0 Å². The Hall–Kier alpha value is -0.890. The molecule has 2 unspecified atom stereocenters. The molecule has 2 atom stereocenters. The van der Waals surface area contributed by atoms with E-state index in [1.165, 1.54) is 12.0 Å². The van der Waals surface area contributed by atoms with E-state index in [1.807, 2.05) is 6.20 Å². The molecule has 2 N–H and O–H groups in total. The Labute approximate surface area is 98.3 Å². The lowest BCUT2D eigenvalue weighted by Crippen LogP contribution is -2.27. The van der Waals surface area contributed by atoms with Gasteiger partial charge in [0.2, 0.25) is 0 Å². The van der Waals surface area contributed by atoms with Gasteiger partial charge in [-0.2, -0.15) is 0 Å². The largest absolute Gasteiger partial charge is 0.327 e. The molecule has 88 valence electrons. The molecule has 2 nitrogen and oxygen atoms in total. The Kier molecular flexibility index (Phi) is 3.02. The fourth-order valence-corrected chi connectivity index (χ4v) is 2.41. The van der Waals surface area contributed by atoms with Gasteiger partial charge in [-0.15, -0.1) is 0 Å². The lowest BCUT2D eigenvalue weighted by molar-refractivity contribution is 0.474. The second-order valence-electron chi connectivity index (χ2n) is 5.68. The summed E-state index contributed by atoms with van der Waals surface area (Å²) >= 11 is 0. The molecule has 0 radical (unpaired) electrons. The highest BCUT2D eigenvalue weighted by atomic mass is 14.8. The van der Waals surface area contributed by atoms with Crippen molar-refractivity contribution in [1.82, 2.24) is 4.98 Å². The van der Waals surface area contributed by atoms with Crippen LogP contribution in [0, 0.1) is 11.3 Å². The molecule has 0 saturated heterocycles. The van der Waals surface area contributed by atoms with Crippen LogP contribution in [0.2, 0.25) is 0 Å². The van der Waals surface area contributed by atoms with E-state index in [9.17, 15) is 0 Å². The maximum absolute atomic E-state index is 6.22. The minimum atomic E-state index is 0.273. The summed E-state index contributed by atoms with van der Waals surface area (Å²) in [5, 5.41) is 0. The number of aryl methyl sites for hydroxylation is 1. The second kappa shape index (κ2) is 4.17. The number of hydrogen-bond acceptors (Lipinski definition) is 2. The number of hydrogen-bond donors (Lipinski definition) is 1. The van der Waals surface area contributed by atoms with Crippen molar-refractivity contribution in [3.05, 3.63) is 29.6 Å². The first kappa shape index (κ1) is 11.6. The van der Waals surface area contributed by atoms with E-state index in [-0.39, 0.29) is 6.04 Å². The van der Waals surface area contributed by atoms with Crippen LogP contribution in [0.4, 0.5) is 0 Å². The van der Waals surface area contributed by atoms with E-state index in [0.29, 0.717) is 11.3 Å². The van der Waals surface area contributed by atoms with Gasteiger partial charge < -0.3 is 5.73 Å². The minimum absolute atomic E-state index is 0.273. The Balaban J connectivity index is 1.94. The van der Waals surface area contributed by atoms with Gasteiger partial charge in [0, 0.05) is 24.4 Å². The topological polar surface area (TPSA) is 38.9 Å². The Morgan fingerprint density at radius 1 is 1.50 bits per heavy atom. The van der Waals surface area contributed by atoms with Crippen molar-refractivity contribution in [1.29, 1.82) is 0 Å². The molecular formula is C14H22N2.